The van der Waals surface area contributed by atoms with Crippen molar-refractivity contribution in [2.24, 2.45) is 0 Å². The Morgan fingerprint density at radius 3 is 3.17 bits per heavy atom. The van der Waals surface area contributed by atoms with Crippen LogP contribution >= 0.6 is 0 Å². The zero-order chi connectivity index (χ0) is 8.55. The Morgan fingerprint density at radius 1 is 1.58 bits per heavy atom. The molecule has 64 valence electrons. The van der Waals surface area contributed by atoms with E-state index >= 15 is 0 Å². The molecule has 0 radical (unpaired) electrons. The van der Waals surface area contributed by atoms with Gasteiger partial charge in [0.05, 0.1) is 11.9 Å². The van der Waals surface area contributed by atoms with Gasteiger partial charge < -0.3 is 0 Å². The number of aromatic nitrogens is 1. The number of hydrogen-bond acceptors (Lipinski definition) is 2. The van der Waals surface area contributed by atoms with E-state index in [1.165, 1.54) is 6.20 Å². The van der Waals surface area contributed by atoms with E-state index in [1.807, 2.05) is 0 Å². The van der Waals surface area contributed by atoms with E-state index in [4.69, 9.17) is 0 Å². The van der Waals surface area contributed by atoms with Crippen LogP contribution in [0.5, 0.6) is 0 Å². The lowest BCUT2D eigenvalue weighted by Crippen LogP contribution is -2.14. The topological polar surface area (TPSA) is 16.1 Å². The van der Waals surface area contributed by atoms with Gasteiger partial charge in [-0.3, -0.25) is 9.88 Å². The Hall–Kier alpha value is -0.960. The molecule has 1 aromatic rings. The van der Waals surface area contributed by atoms with Gasteiger partial charge in [0, 0.05) is 13.1 Å². The zero-order valence-corrected chi connectivity index (χ0v) is 7.05. The molecule has 0 N–H and O–H groups in total. The number of hydrogen-bond donors (Lipinski definition) is 0. The van der Waals surface area contributed by atoms with Crippen LogP contribution in [0.25, 0.3) is 0 Å². The molecule has 0 saturated carbocycles. The van der Waals surface area contributed by atoms with Crippen molar-refractivity contribution < 1.29 is 4.39 Å². The second kappa shape index (κ2) is 2.83. The summed E-state index contributed by atoms with van der Waals surface area (Å²) in [5.74, 6) is -0.230. The largest absolute Gasteiger partial charge is 0.293 e. The van der Waals surface area contributed by atoms with Crippen LogP contribution in [0.1, 0.15) is 18.2 Å². The number of rotatable bonds is 1. The van der Waals surface area contributed by atoms with Gasteiger partial charge in [-0.05, 0) is 18.2 Å². The maximum atomic E-state index is 12.7. The van der Waals surface area contributed by atoms with Gasteiger partial charge in [-0.25, -0.2) is 4.39 Å². The van der Waals surface area contributed by atoms with Gasteiger partial charge in [0.2, 0.25) is 0 Å². The fourth-order valence-corrected chi connectivity index (χ4v) is 1.52. The molecule has 1 aliphatic rings. The van der Waals surface area contributed by atoms with Gasteiger partial charge in [0.1, 0.15) is 5.82 Å². The van der Waals surface area contributed by atoms with Crippen LogP contribution in [0.15, 0.2) is 12.3 Å². The minimum absolute atomic E-state index is 0.230. The van der Waals surface area contributed by atoms with Crippen molar-refractivity contribution in [2.75, 3.05) is 6.54 Å². The summed E-state index contributed by atoms with van der Waals surface area (Å²) in [5, 5.41) is 0. The summed E-state index contributed by atoms with van der Waals surface area (Å²) in [5.41, 5.74) is 2.06. The summed E-state index contributed by atoms with van der Waals surface area (Å²) in [7, 11) is 0. The molecule has 3 heteroatoms. The van der Waals surface area contributed by atoms with E-state index in [0.29, 0.717) is 0 Å². The summed E-state index contributed by atoms with van der Waals surface area (Å²) >= 11 is 0. The van der Waals surface area contributed by atoms with E-state index < -0.39 is 0 Å². The van der Waals surface area contributed by atoms with Gasteiger partial charge in [0.15, 0.2) is 0 Å². The van der Waals surface area contributed by atoms with Crippen LogP contribution in [0.2, 0.25) is 0 Å². The van der Waals surface area contributed by atoms with Gasteiger partial charge in [-0.15, -0.1) is 0 Å². The quantitative estimate of drug-likeness (QED) is 0.629. The molecule has 1 aromatic heterocycles. The lowest BCUT2D eigenvalue weighted by molar-refractivity contribution is 0.299. The molecular formula is C9H11FN2. The molecule has 2 heterocycles. The number of halogens is 1. The highest BCUT2D eigenvalue weighted by molar-refractivity contribution is 5.24. The Balaban J connectivity index is 2.30. The first-order valence-electron chi connectivity index (χ1n) is 4.15. The first-order valence-corrected chi connectivity index (χ1v) is 4.15. The average molecular weight is 166 g/mol. The van der Waals surface area contributed by atoms with Crippen molar-refractivity contribution in [2.45, 2.75) is 20.0 Å². The summed E-state index contributed by atoms with van der Waals surface area (Å²) in [4.78, 5) is 6.27. The van der Waals surface area contributed by atoms with Crippen molar-refractivity contribution in [1.82, 2.24) is 9.88 Å². The molecule has 0 unspecified atom stereocenters. The normalized spacial score (nSPS) is 16.5. The van der Waals surface area contributed by atoms with Crippen LogP contribution in [0.3, 0.4) is 0 Å². The SMILES string of the molecule is CCN1Cc2cc(F)cnc2C1. The molecule has 2 nitrogen and oxygen atoms in total. The smallest absolute Gasteiger partial charge is 0.141 e. The van der Waals surface area contributed by atoms with E-state index in [0.717, 1.165) is 30.9 Å². The third-order valence-electron chi connectivity index (χ3n) is 2.24. The highest BCUT2D eigenvalue weighted by Gasteiger charge is 2.18. The predicted molar refractivity (Wildman–Crippen MR) is 44.0 cm³/mol. The monoisotopic (exact) mass is 166 g/mol. The lowest BCUT2D eigenvalue weighted by atomic mass is 10.2. The number of pyridine rings is 1. The summed E-state index contributed by atoms with van der Waals surface area (Å²) < 4.78 is 12.7. The first-order chi connectivity index (χ1) is 5.79. The Labute approximate surface area is 71.0 Å². The molecule has 0 aliphatic carbocycles. The molecule has 0 saturated heterocycles. The van der Waals surface area contributed by atoms with Gasteiger partial charge >= 0.3 is 0 Å². The van der Waals surface area contributed by atoms with Crippen molar-refractivity contribution in [3.63, 3.8) is 0 Å². The van der Waals surface area contributed by atoms with E-state index in [9.17, 15) is 4.39 Å². The second-order valence-corrected chi connectivity index (χ2v) is 3.06. The van der Waals surface area contributed by atoms with Crippen LogP contribution in [0.4, 0.5) is 4.39 Å². The summed E-state index contributed by atoms with van der Waals surface area (Å²) in [6, 6.07) is 1.58. The van der Waals surface area contributed by atoms with Crippen LogP contribution in [0, 0.1) is 5.82 Å². The standard InChI is InChI=1S/C9H11FN2/c1-2-12-5-7-3-8(10)4-11-9(7)6-12/h3-4H,2,5-6H2,1H3. The molecule has 2 rings (SSSR count). The number of nitrogens with zero attached hydrogens (tertiary/aromatic N) is 2. The van der Waals surface area contributed by atoms with Gasteiger partial charge in [0.25, 0.3) is 0 Å². The Morgan fingerprint density at radius 2 is 2.42 bits per heavy atom. The molecular weight excluding hydrogens is 155 g/mol. The minimum atomic E-state index is -0.230. The molecule has 0 aromatic carbocycles. The van der Waals surface area contributed by atoms with Crippen molar-refractivity contribution in [1.29, 1.82) is 0 Å². The van der Waals surface area contributed by atoms with E-state index in [1.54, 1.807) is 6.07 Å². The van der Waals surface area contributed by atoms with Crippen molar-refractivity contribution >= 4 is 0 Å². The molecule has 0 amide bonds. The first kappa shape index (κ1) is 7.68. The third kappa shape index (κ3) is 1.20. The molecule has 0 atom stereocenters. The third-order valence-corrected chi connectivity index (χ3v) is 2.24. The fraction of sp³-hybridized carbons (Fsp3) is 0.444. The van der Waals surface area contributed by atoms with Crippen LogP contribution in [-0.4, -0.2) is 16.4 Å². The van der Waals surface area contributed by atoms with E-state index in [-0.39, 0.29) is 5.82 Å². The molecule has 1 aliphatic heterocycles. The molecule has 12 heavy (non-hydrogen) atoms. The maximum Gasteiger partial charge on any atom is 0.141 e. The fourth-order valence-electron chi connectivity index (χ4n) is 1.52. The number of fused-ring (bicyclic) bond motifs is 1. The Bertz CT molecular complexity index is 299. The molecule has 0 bridgehead atoms. The lowest BCUT2D eigenvalue weighted by Gasteiger charge is -2.08. The van der Waals surface area contributed by atoms with Gasteiger partial charge in [-0.2, -0.15) is 0 Å². The molecule has 0 spiro atoms. The van der Waals surface area contributed by atoms with Crippen LogP contribution in [-0.2, 0) is 13.1 Å². The molecule has 0 fully saturated rings. The maximum absolute atomic E-state index is 12.7. The highest BCUT2D eigenvalue weighted by atomic mass is 19.1. The van der Waals surface area contributed by atoms with Crippen molar-refractivity contribution in [3.8, 4) is 0 Å². The predicted octanol–water partition coefficient (Wildman–Crippen LogP) is 1.56. The zero-order valence-electron chi connectivity index (χ0n) is 7.05. The van der Waals surface area contributed by atoms with Crippen LogP contribution < -0.4 is 0 Å². The summed E-state index contributed by atoms with van der Waals surface area (Å²) in [6.07, 6.45) is 1.29. The van der Waals surface area contributed by atoms with Crippen molar-refractivity contribution in [3.05, 3.63) is 29.3 Å². The van der Waals surface area contributed by atoms with E-state index in [2.05, 4.69) is 16.8 Å². The average Bonchev–Trinajstić information content (AvgIpc) is 2.46. The minimum Gasteiger partial charge on any atom is -0.293 e. The van der Waals surface area contributed by atoms with Gasteiger partial charge in [-0.1, -0.05) is 6.92 Å². The second-order valence-electron chi connectivity index (χ2n) is 3.06. The summed E-state index contributed by atoms with van der Waals surface area (Å²) in [6.45, 7) is 4.81. The highest BCUT2D eigenvalue weighted by Crippen LogP contribution is 2.20. The Kier molecular flexibility index (Phi) is 1.81.